The van der Waals surface area contributed by atoms with E-state index in [2.05, 4.69) is 10.3 Å². The second kappa shape index (κ2) is 8.19. The van der Waals surface area contributed by atoms with E-state index < -0.39 is 42.4 Å². The van der Waals surface area contributed by atoms with Gasteiger partial charge in [-0.15, -0.1) is 0 Å². The number of carboxylic acid groups (broad SMARTS) is 1. The third kappa shape index (κ3) is 4.62. The number of nitrogens with zero attached hydrogens (tertiary/aromatic N) is 1. The summed E-state index contributed by atoms with van der Waals surface area (Å²) in [6.07, 6.45) is -2.78. The van der Waals surface area contributed by atoms with Crippen LogP contribution in [-0.2, 0) is 9.53 Å². The van der Waals surface area contributed by atoms with Crippen LogP contribution in [0.4, 0.5) is 5.69 Å². The van der Waals surface area contributed by atoms with Gasteiger partial charge in [0.2, 0.25) is 17.6 Å². The zero-order chi connectivity index (χ0) is 18.4. The van der Waals surface area contributed by atoms with Crippen molar-refractivity contribution >= 4 is 23.5 Å². The van der Waals surface area contributed by atoms with Crippen molar-refractivity contribution < 1.29 is 34.1 Å². The lowest BCUT2D eigenvalue weighted by Crippen LogP contribution is -2.29. The van der Waals surface area contributed by atoms with Crippen LogP contribution in [0.1, 0.15) is 29.3 Å². The Morgan fingerprint density at radius 2 is 2.17 bits per heavy atom. The molecule has 11 nitrogen and oxygen atoms in total. The van der Waals surface area contributed by atoms with Crippen molar-refractivity contribution in [3.8, 4) is 0 Å². The minimum Gasteiger partial charge on any atom is -0.475 e. The second-order valence-electron chi connectivity index (χ2n) is 4.62. The predicted octanol–water partition coefficient (Wildman–Crippen LogP) is -1.23. The van der Waals surface area contributed by atoms with Crippen molar-refractivity contribution in [3.05, 3.63) is 22.9 Å². The lowest BCUT2D eigenvalue weighted by Gasteiger charge is -2.22. The van der Waals surface area contributed by atoms with Gasteiger partial charge in [0.1, 0.15) is 17.9 Å². The highest BCUT2D eigenvalue weighted by Gasteiger charge is 2.29. The molecule has 0 saturated carbocycles. The summed E-state index contributed by atoms with van der Waals surface area (Å²) in [6.45, 7) is 0.459. The van der Waals surface area contributed by atoms with Gasteiger partial charge in [-0.3, -0.25) is 10.2 Å². The number of guanidine groups is 1. The number of carboxylic acids is 1. The summed E-state index contributed by atoms with van der Waals surface area (Å²) in [5, 5.41) is 37.5. The molecule has 24 heavy (non-hydrogen) atoms. The third-order valence-electron chi connectivity index (χ3n) is 2.79. The first kappa shape index (κ1) is 19.3. The highest BCUT2D eigenvalue weighted by atomic mass is 16.5. The van der Waals surface area contributed by atoms with Crippen LogP contribution in [0, 0.1) is 5.41 Å². The molecule has 0 saturated heterocycles. The molecule has 1 amide bonds. The maximum Gasteiger partial charge on any atom is 0.371 e. The number of nitrogens with two attached hydrogens (primary N) is 1. The summed E-state index contributed by atoms with van der Waals surface area (Å²) in [7, 11) is 1.19. The van der Waals surface area contributed by atoms with E-state index in [1.807, 2.05) is 0 Å². The standard InChI is InChI=1S/C13H18N4O7/c1-5(19)16-9-6(17-13(14)15)3-8(12(21)22)24-11(9)10(23-2)7(20)4-18/h3,7,10,18,20H,4H2,1-2H3,(H3,14,15)(H,16,19)(H,21,22)/b17-6+/t7-,10-/m1/s1. The van der Waals surface area contributed by atoms with Crippen molar-refractivity contribution in [2.45, 2.75) is 19.1 Å². The van der Waals surface area contributed by atoms with Crippen LogP contribution in [0.15, 0.2) is 15.5 Å². The molecule has 0 aliphatic carbocycles. The number of aliphatic hydroxyl groups excluding tert-OH is 2. The average molecular weight is 342 g/mol. The van der Waals surface area contributed by atoms with E-state index in [1.165, 1.54) is 14.0 Å². The number of aromatic carboxylic acids is 1. The molecule has 0 spiro atoms. The lowest BCUT2D eigenvalue weighted by atomic mass is 10.1. The first-order chi connectivity index (χ1) is 11.2. The number of carbonyl (C=O) groups is 2. The van der Waals surface area contributed by atoms with Crippen LogP contribution in [0.3, 0.4) is 0 Å². The molecule has 0 aromatic carbocycles. The number of nitrogens with one attached hydrogen (secondary N) is 2. The van der Waals surface area contributed by atoms with Crippen LogP contribution in [0.2, 0.25) is 0 Å². The Hall–Kier alpha value is -2.76. The van der Waals surface area contributed by atoms with E-state index in [9.17, 15) is 14.7 Å². The quantitative estimate of drug-likeness (QED) is 0.273. The van der Waals surface area contributed by atoms with E-state index in [1.54, 1.807) is 0 Å². The molecule has 0 fully saturated rings. The fraction of sp³-hybridized carbons (Fsp3) is 0.385. The van der Waals surface area contributed by atoms with Crippen molar-refractivity contribution in [1.82, 2.24) is 0 Å². The summed E-state index contributed by atoms with van der Waals surface area (Å²) < 4.78 is 10.2. The number of amides is 1. The van der Waals surface area contributed by atoms with Crippen molar-refractivity contribution in [2.24, 2.45) is 10.7 Å². The van der Waals surface area contributed by atoms with Gasteiger partial charge >= 0.3 is 5.97 Å². The molecule has 7 N–H and O–H groups in total. The molecule has 0 unspecified atom stereocenters. The highest BCUT2D eigenvalue weighted by molar-refractivity contribution is 5.90. The lowest BCUT2D eigenvalue weighted by molar-refractivity contribution is -0.114. The van der Waals surface area contributed by atoms with Crippen LogP contribution in [0.25, 0.3) is 0 Å². The maximum atomic E-state index is 11.4. The SMILES string of the molecule is CO[C@@H](c1oc(C(=O)O)c/c(=N\C(=N)N)c1NC(C)=O)[C@H](O)CO. The van der Waals surface area contributed by atoms with Crippen molar-refractivity contribution in [3.63, 3.8) is 0 Å². The summed E-state index contributed by atoms with van der Waals surface area (Å²) in [5.74, 6) is -3.55. The van der Waals surface area contributed by atoms with Gasteiger partial charge in [-0.25, -0.2) is 9.79 Å². The predicted molar refractivity (Wildman–Crippen MR) is 80.3 cm³/mol. The van der Waals surface area contributed by atoms with Gasteiger partial charge in [-0.2, -0.15) is 0 Å². The van der Waals surface area contributed by atoms with E-state index in [-0.39, 0.29) is 16.8 Å². The normalized spacial score (nSPS) is 14.1. The Labute approximate surface area is 135 Å². The number of methoxy groups -OCH3 is 1. The number of rotatable bonds is 6. The van der Waals surface area contributed by atoms with Gasteiger partial charge in [0.15, 0.2) is 5.76 Å². The number of hydrogen-bond acceptors (Lipinski definition) is 7. The number of aliphatic hydroxyl groups is 2. The van der Waals surface area contributed by atoms with E-state index in [0.29, 0.717) is 0 Å². The van der Waals surface area contributed by atoms with Crippen molar-refractivity contribution in [1.29, 1.82) is 5.41 Å². The number of carbonyl (C=O) groups excluding carboxylic acids is 1. The minimum absolute atomic E-state index is 0.137. The molecule has 1 aromatic rings. The van der Waals surface area contributed by atoms with Crippen molar-refractivity contribution in [2.75, 3.05) is 19.0 Å². The van der Waals surface area contributed by atoms with E-state index in [4.69, 9.17) is 30.5 Å². The smallest absolute Gasteiger partial charge is 0.371 e. The Balaban J connectivity index is 3.80. The third-order valence-corrected chi connectivity index (χ3v) is 2.79. The van der Waals surface area contributed by atoms with Gasteiger partial charge in [0, 0.05) is 20.1 Å². The van der Waals surface area contributed by atoms with Crippen LogP contribution in [0.5, 0.6) is 0 Å². The average Bonchev–Trinajstić information content (AvgIpc) is 2.49. The molecule has 11 heteroatoms. The zero-order valence-corrected chi connectivity index (χ0v) is 12.9. The molecule has 0 bridgehead atoms. The molecule has 0 aliphatic rings. The Kier molecular flexibility index (Phi) is 6.58. The summed E-state index contributed by atoms with van der Waals surface area (Å²) in [5.41, 5.74) is 5.06. The van der Waals surface area contributed by atoms with E-state index in [0.717, 1.165) is 6.07 Å². The van der Waals surface area contributed by atoms with Gasteiger partial charge in [-0.05, 0) is 0 Å². The highest BCUT2D eigenvalue weighted by Crippen LogP contribution is 2.27. The van der Waals surface area contributed by atoms with Gasteiger partial charge < -0.3 is 35.5 Å². The van der Waals surface area contributed by atoms with Crippen LogP contribution >= 0.6 is 0 Å². The molecular formula is C13H18N4O7. The Bertz CT molecular complexity index is 713. The maximum absolute atomic E-state index is 11.4. The topological polar surface area (TPSA) is 191 Å². The first-order valence-electron chi connectivity index (χ1n) is 6.60. The van der Waals surface area contributed by atoms with Gasteiger partial charge in [0.05, 0.1) is 12.0 Å². The number of anilines is 1. The molecule has 1 heterocycles. The first-order valence-corrected chi connectivity index (χ1v) is 6.60. The zero-order valence-electron chi connectivity index (χ0n) is 12.9. The van der Waals surface area contributed by atoms with Crippen LogP contribution in [-0.4, -0.2) is 53.0 Å². The molecule has 1 aromatic heterocycles. The number of ether oxygens (including phenoxy) is 1. The summed E-state index contributed by atoms with van der Waals surface area (Å²) in [4.78, 5) is 26.3. The van der Waals surface area contributed by atoms with E-state index >= 15 is 0 Å². The fourth-order valence-corrected chi connectivity index (χ4v) is 1.88. The molecule has 132 valence electrons. The molecule has 1 rings (SSSR count). The Morgan fingerprint density at radius 3 is 2.58 bits per heavy atom. The van der Waals surface area contributed by atoms with Crippen LogP contribution < -0.4 is 16.4 Å². The largest absolute Gasteiger partial charge is 0.475 e. The molecule has 2 atom stereocenters. The minimum atomic E-state index is -1.47. The summed E-state index contributed by atoms with van der Waals surface area (Å²) in [6, 6.07) is 0.955. The molecular weight excluding hydrogens is 324 g/mol. The second-order valence-corrected chi connectivity index (χ2v) is 4.62. The fourth-order valence-electron chi connectivity index (χ4n) is 1.88. The monoisotopic (exact) mass is 342 g/mol. The molecule has 0 radical (unpaired) electrons. The Morgan fingerprint density at radius 1 is 1.54 bits per heavy atom. The summed E-state index contributed by atoms with van der Waals surface area (Å²) >= 11 is 0. The van der Waals surface area contributed by atoms with Gasteiger partial charge in [0.25, 0.3) is 0 Å². The number of hydrogen-bond donors (Lipinski definition) is 6. The molecule has 0 aliphatic heterocycles. The van der Waals surface area contributed by atoms with Gasteiger partial charge in [-0.1, -0.05) is 0 Å².